The molecule has 0 saturated heterocycles. The Morgan fingerprint density at radius 1 is 1.24 bits per heavy atom. The molecule has 0 fully saturated rings. The molecule has 0 atom stereocenters. The highest BCUT2D eigenvalue weighted by atomic mass is 32.1. The van der Waals surface area contributed by atoms with Gasteiger partial charge in [0.25, 0.3) is 0 Å². The number of rotatable bonds is 4. The zero-order valence-electron chi connectivity index (χ0n) is 10.1. The van der Waals surface area contributed by atoms with Gasteiger partial charge in [-0.1, -0.05) is 6.07 Å². The first-order valence-electron chi connectivity index (χ1n) is 5.68. The quantitative estimate of drug-likeness (QED) is 0.895. The highest BCUT2D eigenvalue weighted by molar-refractivity contribution is 7.15. The van der Waals surface area contributed by atoms with Crippen LogP contribution in [0.5, 0.6) is 5.75 Å². The van der Waals surface area contributed by atoms with Crippen molar-refractivity contribution in [3.8, 4) is 16.2 Å². The first kappa shape index (κ1) is 12.1. The summed E-state index contributed by atoms with van der Waals surface area (Å²) < 4.78 is 5.63. The first-order valence-corrected chi connectivity index (χ1v) is 6.49. The summed E-state index contributed by atoms with van der Waals surface area (Å²) in [5, 5.41) is 9.20. The van der Waals surface area contributed by atoms with Crippen molar-refractivity contribution in [2.45, 2.75) is 20.5 Å². The van der Waals surface area contributed by atoms with Gasteiger partial charge in [0, 0.05) is 15.3 Å². The third kappa shape index (κ3) is 2.68. The van der Waals surface area contributed by atoms with Gasteiger partial charge in [-0.05, 0) is 43.7 Å². The second-order valence-electron chi connectivity index (χ2n) is 3.83. The molecule has 1 N–H and O–H groups in total. The van der Waals surface area contributed by atoms with Gasteiger partial charge < -0.3 is 9.84 Å². The van der Waals surface area contributed by atoms with Gasteiger partial charge in [-0.25, -0.2) is 0 Å². The smallest absolute Gasteiger partial charge is 0.127 e. The Morgan fingerprint density at radius 2 is 2.06 bits per heavy atom. The Bertz CT molecular complexity index is 503. The van der Waals surface area contributed by atoms with E-state index >= 15 is 0 Å². The van der Waals surface area contributed by atoms with Gasteiger partial charge in [-0.3, -0.25) is 0 Å². The highest BCUT2D eigenvalue weighted by Gasteiger charge is 2.09. The van der Waals surface area contributed by atoms with Crippen molar-refractivity contribution < 1.29 is 9.84 Å². The molecule has 2 aromatic rings. The molecule has 0 spiro atoms. The number of aliphatic hydroxyl groups excluding tert-OH is 1. The number of thiophene rings is 1. The van der Waals surface area contributed by atoms with Gasteiger partial charge >= 0.3 is 0 Å². The monoisotopic (exact) mass is 248 g/mol. The topological polar surface area (TPSA) is 29.5 Å². The summed E-state index contributed by atoms with van der Waals surface area (Å²) in [5.74, 6) is 0.881. The Morgan fingerprint density at radius 3 is 2.65 bits per heavy atom. The molecule has 3 heteroatoms. The minimum Gasteiger partial charge on any atom is -0.493 e. The summed E-state index contributed by atoms with van der Waals surface area (Å²) in [7, 11) is 0. The molecule has 0 saturated carbocycles. The highest BCUT2D eigenvalue weighted by Crippen LogP contribution is 2.35. The Hall–Kier alpha value is -1.32. The van der Waals surface area contributed by atoms with Gasteiger partial charge in [0.1, 0.15) is 5.75 Å². The lowest BCUT2D eigenvalue weighted by molar-refractivity contribution is 0.281. The van der Waals surface area contributed by atoms with Crippen LogP contribution in [0.3, 0.4) is 0 Å². The van der Waals surface area contributed by atoms with Crippen LogP contribution in [0.1, 0.15) is 17.4 Å². The summed E-state index contributed by atoms with van der Waals surface area (Å²) >= 11 is 1.74. The van der Waals surface area contributed by atoms with Crippen molar-refractivity contribution in [2.24, 2.45) is 0 Å². The summed E-state index contributed by atoms with van der Waals surface area (Å²) in [5.41, 5.74) is 1.98. The standard InChI is InChI=1S/C14H16O2S/c1-3-16-13-6-5-11(9-15)8-12(13)14-7-4-10(2)17-14/h4-8,15H,3,9H2,1-2H3. The summed E-state index contributed by atoms with van der Waals surface area (Å²) in [6.45, 7) is 4.77. The number of aliphatic hydroxyl groups is 1. The Balaban J connectivity index is 2.48. The predicted octanol–water partition coefficient (Wildman–Crippen LogP) is 3.61. The lowest BCUT2D eigenvalue weighted by Gasteiger charge is -2.10. The molecule has 1 aromatic carbocycles. The molecule has 90 valence electrons. The molecular formula is C14H16O2S. The molecule has 2 nitrogen and oxygen atoms in total. The number of hydrogen-bond acceptors (Lipinski definition) is 3. The molecule has 17 heavy (non-hydrogen) atoms. The van der Waals surface area contributed by atoms with Crippen molar-refractivity contribution in [3.63, 3.8) is 0 Å². The minimum atomic E-state index is 0.0593. The van der Waals surface area contributed by atoms with Crippen LogP contribution < -0.4 is 4.74 Å². The van der Waals surface area contributed by atoms with Gasteiger partial charge in [0.15, 0.2) is 0 Å². The maximum absolute atomic E-state index is 9.20. The average molecular weight is 248 g/mol. The van der Waals surface area contributed by atoms with Gasteiger partial charge in [-0.15, -0.1) is 11.3 Å². The van der Waals surface area contributed by atoms with Gasteiger partial charge in [0.05, 0.1) is 13.2 Å². The third-order valence-electron chi connectivity index (χ3n) is 2.53. The van der Waals surface area contributed by atoms with Crippen molar-refractivity contribution in [1.82, 2.24) is 0 Å². The zero-order chi connectivity index (χ0) is 12.3. The summed E-state index contributed by atoms with van der Waals surface area (Å²) in [6.07, 6.45) is 0. The zero-order valence-corrected chi connectivity index (χ0v) is 10.9. The van der Waals surface area contributed by atoms with Crippen molar-refractivity contribution in [1.29, 1.82) is 0 Å². The maximum Gasteiger partial charge on any atom is 0.127 e. The molecule has 0 radical (unpaired) electrons. The molecule has 1 aromatic heterocycles. The van der Waals surface area contributed by atoms with E-state index in [0.717, 1.165) is 16.9 Å². The Labute approximate surface area is 105 Å². The van der Waals surface area contributed by atoms with Gasteiger partial charge in [0.2, 0.25) is 0 Å². The molecular weight excluding hydrogens is 232 g/mol. The van der Waals surface area contributed by atoms with E-state index in [4.69, 9.17) is 4.74 Å². The van der Waals surface area contributed by atoms with E-state index in [1.54, 1.807) is 11.3 Å². The van der Waals surface area contributed by atoms with Crippen molar-refractivity contribution in [2.75, 3.05) is 6.61 Å². The maximum atomic E-state index is 9.20. The van der Waals surface area contributed by atoms with Crippen LogP contribution >= 0.6 is 11.3 Å². The van der Waals surface area contributed by atoms with Crippen molar-refractivity contribution in [3.05, 3.63) is 40.8 Å². The number of benzene rings is 1. The fourth-order valence-electron chi connectivity index (χ4n) is 1.73. The number of ether oxygens (including phenoxy) is 1. The van der Waals surface area contributed by atoms with Gasteiger partial charge in [-0.2, -0.15) is 0 Å². The summed E-state index contributed by atoms with van der Waals surface area (Å²) in [4.78, 5) is 2.46. The van der Waals surface area contributed by atoms with E-state index in [-0.39, 0.29) is 6.61 Å². The fraction of sp³-hybridized carbons (Fsp3) is 0.286. The first-order chi connectivity index (χ1) is 8.24. The average Bonchev–Trinajstić information content (AvgIpc) is 2.77. The van der Waals surface area contributed by atoms with Crippen LogP contribution in [0.25, 0.3) is 10.4 Å². The second kappa shape index (κ2) is 5.34. The minimum absolute atomic E-state index is 0.0593. The molecule has 0 amide bonds. The van der Waals surface area contributed by atoms with Crippen LogP contribution in [-0.4, -0.2) is 11.7 Å². The van der Waals surface area contributed by atoms with E-state index < -0.39 is 0 Å². The number of aryl methyl sites for hydroxylation is 1. The van der Waals surface area contributed by atoms with Crippen LogP contribution in [0.4, 0.5) is 0 Å². The molecule has 0 bridgehead atoms. The van der Waals surface area contributed by atoms with E-state index in [1.807, 2.05) is 25.1 Å². The molecule has 0 aliphatic rings. The molecule has 0 aliphatic heterocycles. The van der Waals surface area contributed by atoms with E-state index in [0.29, 0.717) is 6.61 Å². The predicted molar refractivity (Wildman–Crippen MR) is 71.6 cm³/mol. The molecule has 0 aliphatic carbocycles. The van der Waals surface area contributed by atoms with E-state index in [2.05, 4.69) is 19.1 Å². The molecule has 2 rings (SSSR count). The lowest BCUT2D eigenvalue weighted by Crippen LogP contribution is -1.94. The third-order valence-corrected chi connectivity index (χ3v) is 3.57. The SMILES string of the molecule is CCOc1ccc(CO)cc1-c1ccc(C)s1. The van der Waals surface area contributed by atoms with E-state index in [1.165, 1.54) is 9.75 Å². The van der Waals surface area contributed by atoms with Crippen LogP contribution in [-0.2, 0) is 6.61 Å². The molecule has 1 heterocycles. The molecule has 0 unspecified atom stereocenters. The van der Waals surface area contributed by atoms with E-state index in [9.17, 15) is 5.11 Å². The van der Waals surface area contributed by atoms with Crippen LogP contribution in [0, 0.1) is 6.92 Å². The fourth-order valence-corrected chi connectivity index (χ4v) is 2.62. The van der Waals surface area contributed by atoms with Crippen LogP contribution in [0.15, 0.2) is 30.3 Å². The number of hydrogen-bond donors (Lipinski definition) is 1. The normalized spacial score (nSPS) is 10.5. The lowest BCUT2D eigenvalue weighted by atomic mass is 10.1. The largest absolute Gasteiger partial charge is 0.493 e. The summed E-state index contributed by atoms with van der Waals surface area (Å²) in [6, 6.07) is 10.0. The Kier molecular flexibility index (Phi) is 3.82. The second-order valence-corrected chi connectivity index (χ2v) is 5.12. The van der Waals surface area contributed by atoms with Crippen LogP contribution in [0.2, 0.25) is 0 Å². The van der Waals surface area contributed by atoms with Crippen molar-refractivity contribution >= 4 is 11.3 Å².